The van der Waals surface area contributed by atoms with Gasteiger partial charge >= 0.3 is 5.97 Å². The Labute approximate surface area is 242 Å². The van der Waals surface area contributed by atoms with E-state index in [-0.39, 0.29) is 12.2 Å². The van der Waals surface area contributed by atoms with E-state index in [0.29, 0.717) is 31.4 Å². The van der Waals surface area contributed by atoms with Crippen molar-refractivity contribution in [3.8, 4) is 5.75 Å². The minimum atomic E-state index is -0.677. The van der Waals surface area contributed by atoms with E-state index in [4.69, 9.17) is 21.1 Å². The Hall–Kier alpha value is -3.88. The number of esters is 1. The maximum Gasteiger partial charge on any atom is 0.338 e. The largest absolute Gasteiger partial charge is 0.497 e. The van der Waals surface area contributed by atoms with Crippen LogP contribution in [0.4, 0.5) is 5.69 Å². The van der Waals surface area contributed by atoms with Gasteiger partial charge in [-0.05, 0) is 88.7 Å². The summed E-state index contributed by atoms with van der Waals surface area (Å²) in [6.45, 7) is 9.73. The molecule has 0 amide bonds. The Morgan fingerprint density at radius 2 is 1.80 bits per heavy atom. The van der Waals surface area contributed by atoms with Crippen molar-refractivity contribution in [2.75, 3.05) is 18.6 Å². The molecular formula is C31H32ClN3O4S. The van der Waals surface area contributed by atoms with Crippen LogP contribution in [0.25, 0.3) is 6.08 Å². The van der Waals surface area contributed by atoms with Crippen molar-refractivity contribution in [3.63, 3.8) is 0 Å². The van der Waals surface area contributed by atoms with E-state index in [1.54, 1.807) is 31.6 Å². The normalized spacial score (nSPS) is 16.0. The second kappa shape index (κ2) is 12.5. The van der Waals surface area contributed by atoms with Crippen LogP contribution in [-0.2, 0) is 9.53 Å². The zero-order chi connectivity index (χ0) is 29.0. The highest BCUT2D eigenvalue weighted by Gasteiger charge is 2.33. The highest BCUT2D eigenvalue weighted by molar-refractivity contribution is 7.07. The number of carbonyl (C=O) groups is 1. The van der Waals surface area contributed by atoms with E-state index in [1.807, 2.05) is 81.5 Å². The number of ether oxygens (including phenoxy) is 2. The predicted molar refractivity (Wildman–Crippen MR) is 161 cm³/mol. The molecular weight excluding hydrogens is 546 g/mol. The van der Waals surface area contributed by atoms with Crippen molar-refractivity contribution in [3.05, 3.63) is 114 Å². The molecule has 1 aromatic heterocycles. The Morgan fingerprint density at radius 3 is 2.40 bits per heavy atom. The third kappa shape index (κ3) is 5.83. The Morgan fingerprint density at radius 1 is 1.12 bits per heavy atom. The van der Waals surface area contributed by atoms with Gasteiger partial charge in [-0.15, -0.1) is 0 Å². The zero-order valence-electron chi connectivity index (χ0n) is 23.4. The smallest absolute Gasteiger partial charge is 0.338 e. The van der Waals surface area contributed by atoms with Crippen LogP contribution in [-0.4, -0.2) is 24.3 Å². The summed E-state index contributed by atoms with van der Waals surface area (Å²) in [4.78, 5) is 34.2. The molecule has 1 unspecified atom stereocenters. The molecule has 0 fully saturated rings. The fraction of sp³-hybridized carbons (Fsp3) is 0.258. The van der Waals surface area contributed by atoms with Crippen LogP contribution < -0.4 is 24.5 Å². The molecule has 0 aliphatic carbocycles. The summed E-state index contributed by atoms with van der Waals surface area (Å²) in [7, 11) is 1.59. The number of fused-ring (bicyclic) bond motifs is 1. The summed E-state index contributed by atoms with van der Waals surface area (Å²) in [6, 6.07) is 14.3. The van der Waals surface area contributed by atoms with Crippen molar-refractivity contribution < 1.29 is 14.3 Å². The van der Waals surface area contributed by atoms with Crippen LogP contribution >= 0.6 is 22.9 Å². The van der Waals surface area contributed by atoms with Crippen LogP contribution in [0.2, 0.25) is 5.02 Å². The SMILES string of the molecule is C/C=C(/C)N(/C(C)=C/C=c1\sc2n(c1=O)C(c1ccc(OC)cc1)C(C(=O)OCC)=C(C)N=2)c1ccc(Cl)cc1. The van der Waals surface area contributed by atoms with E-state index in [9.17, 15) is 9.59 Å². The van der Waals surface area contributed by atoms with Gasteiger partial charge in [0.15, 0.2) is 4.80 Å². The number of hydrogen-bond donors (Lipinski definition) is 0. The molecule has 2 heterocycles. The van der Waals surface area contributed by atoms with E-state index in [0.717, 1.165) is 22.6 Å². The Balaban J connectivity index is 1.85. The summed E-state index contributed by atoms with van der Waals surface area (Å²) in [5.41, 5.74) is 4.29. The number of thiazole rings is 1. The molecule has 7 nitrogen and oxygen atoms in total. The standard InChI is InChI=1S/C31H32ClN3O4S/c1-7-19(3)34(24-14-12-23(32)13-15-24)20(4)9-18-26-29(36)35-28(22-10-16-25(38-6)17-11-22)27(30(37)39-8-2)21(5)33-31(35)40-26/h7,9-18,28H,8H2,1-6H3/b19-7-,20-9+,26-18-. The third-order valence-electron chi connectivity index (χ3n) is 6.63. The van der Waals surface area contributed by atoms with Gasteiger partial charge in [-0.25, -0.2) is 9.79 Å². The lowest BCUT2D eigenvalue weighted by atomic mass is 9.96. The minimum absolute atomic E-state index is 0.217. The van der Waals surface area contributed by atoms with Gasteiger partial charge < -0.3 is 14.4 Å². The fourth-order valence-corrected chi connectivity index (χ4v) is 5.70. The van der Waals surface area contributed by atoms with Gasteiger partial charge in [0.2, 0.25) is 0 Å². The molecule has 3 aromatic rings. The minimum Gasteiger partial charge on any atom is -0.497 e. The van der Waals surface area contributed by atoms with Gasteiger partial charge in [0.25, 0.3) is 5.56 Å². The van der Waals surface area contributed by atoms with E-state index < -0.39 is 12.0 Å². The first-order valence-electron chi connectivity index (χ1n) is 12.9. The van der Waals surface area contributed by atoms with Gasteiger partial charge in [0, 0.05) is 22.1 Å². The number of allylic oxidation sites excluding steroid dienone is 5. The molecule has 1 atom stereocenters. The van der Waals surface area contributed by atoms with Crippen LogP contribution in [0.5, 0.6) is 5.75 Å². The molecule has 40 heavy (non-hydrogen) atoms. The predicted octanol–water partition coefficient (Wildman–Crippen LogP) is 5.75. The lowest BCUT2D eigenvalue weighted by Gasteiger charge is -2.26. The molecule has 0 saturated carbocycles. The van der Waals surface area contributed by atoms with Crippen molar-refractivity contribution in [1.29, 1.82) is 0 Å². The molecule has 0 bridgehead atoms. The number of anilines is 1. The number of benzene rings is 2. The summed E-state index contributed by atoms with van der Waals surface area (Å²) in [6.07, 6.45) is 5.74. The first-order valence-corrected chi connectivity index (χ1v) is 14.1. The van der Waals surface area contributed by atoms with E-state index in [1.165, 1.54) is 11.3 Å². The van der Waals surface area contributed by atoms with Gasteiger partial charge in [0.05, 0.1) is 35.6 Å². The quantitative estimate of drug-likeness (QED) is 0.319. The summed E-state index contributed by atoms with van der Waals surface area (Å²) in [5.74, 6) is 0.187. The highest BCUT2D eigenvalue weighted by atomic mass is 35.5. The van der Waals surface area contributed by atoms with Crippen LogP contribution in [0, 0.1) is 0 Å². The second-order valence-corrected chi connectivity index (χ2v) is 10.6. The average Bonchev–Trinajstić information content (AvgIpc) is 3.26. The fourth-order valence-electron chi connectivity index (χ4n) is 4.58. The summed E-state index contributed by atoms with van der Waals surface area (Å²) < 4.78 is 12.8. The lowest BCUT2D eigenvalue weighted by molar-refractivity contribution is -0.139. The van der Waals surface area contributed by atoms with Crippen LogP contribution in [0.1, 0.15) is 46.2 Å². The maximum absolute atomic E-state index is 13.8. The highest BCUT2D eigenvalue weighted by Crippen LogP contribution is 2.31. The van der Waals surface area contributed by atoms with E-state index >= 15 is 0 Å². The maximum atomic E-state index is 13.8. The summed E-state index contributed by atoms with van der Waals surface area (Å²) >= 11 is 7.40. The number of rotatable bonds is 8. The average molecular weight is 578 g/mol. The van der Waals surface area contributed by atoms with E-state index in [2.05, 4.69) is 9.89 Å². The molecule has 9 heteroatoms. The Bertz CT molecular complexity index is 1680. The molecule has 1 aliphatic rings. The number of nitrogens with zero attached hydrogens (tertiary/aromatic N) is 3. The number of carbonyl (C=O) groups excluding carboxylic acids is 1. The van der Waals surface area contributed by atoms with Crippen molar-refractivity contribution >= 4 is 40.7 Å². The molecule has 0 saturated heterocycles. The Kier molecular flexibility index (Phi) is 9.12. The van der Waals surface area contributed by atoms with Crippen molar-refractivity contribution in [2.24, 2.45) is 4.99 Å². The van der Waals surface area contributed by atoms with Gasteiger partial charge in [-0.3, -0.25) is 9.36 Å². The first-order chi connectivity index (χ1) is 19.2. The number of methoxy groups -OCH3 is 1. The first kappa shape index (κ1) is 29.1. The molecule has 0 N–H and O–H groups in total. The number of halogens is 1. The van der Waals surface area contributed by atoms with Crippen LogP contribution in [0.3, 0.4) is 0 Å². The van der Waals surface area contributed by atoms with Crippen molar-refractivity contribution in [1.82, 2.24) is 4.57 Å². The molecule has 4 rings (SSSR count). The third-order valence-corrected chi connectivity index (χ3v) is 7.89. The lowest BCUT2D eigenvalue weighted by Crippen LogP contribution is -2.39. The number of hydrogen-bond acceptors (Lipinski definition) is 7. The van der Waals surface area contributed by atoms with Crippen LogP contribution in [0.15, 0.2) is 93.1 Å². The molecule has 1 aliphatic heterocycles. The number of aromatic nitrogens is 1. The second-order valence-electron chi connectivity index (χ2n) is 9.15. The molecule has 2 aromatic carbocycles. The van der Waals surface area contributed by atoms with Gasteiger partial charge in [-0.2, -0.15) is 0 Å². The monoisotopic (exact) mass is 577 g/mol. The zero-order valence-corrected chi connectivity index (χ0v) is 25.0. The molecule has 0 spiro atoms. The van der Waals surface area contributed by atoms with Gasteiger partial charge in [-0.1, -0.05) is 41.1 Å². The van der Waals surface area contributed by atoms with Crippen molar-refractivity contribution in [2.45, 2.75) is 40.7 Å². The van der Waals surface area contributed by atoms with Gasteiger partial charge in [0.1, 0.15) is 5.75 Å². The molecule has 208 valence electrons. The molecule has 0 radical (unpaired) electrons. The summed E-state index contributed by atoms with van der Waals surface area (Å²) in [5, 5.41) is 0.661. The topological polar surface area (TPSA) is 73.1 Å².